The molecule has 0 saturated heterocycles. The van der Waals surface area contributed by atoms with Gasteiger partial charge in [-0.1, -0.05) is 27.7 Å². The Kier molecular flexibility index (Phi) is 3.62. The van der Waals surface area contributed by atoms with E-state index in [0.717, 1.165) is 0 Å². The molecule has 2 amide bonds. The molecule has 0 bridgehead atoms. The number of rotatable bonds is 3. The largest absolute Gasteiger partial charge is 0.365 e. The van der Waals surface area contributed by atoms with Crippen molar-refractivity contribution in [2.45, 2.75) is 39.9 Å². The highest BCUT2D eigenvalue weighted by Crippen LogP contribution is 2.31. The molecule has 3 N–H and O–H groups in total. The van der Waals surface area contributed by atoms with Crippen LogP contribution < -0.4 is 11.1 Å². The third kappa shape index (κ3) is 2.43. The molecule has 1 atom stereocenters. The van der Waals surface area contributed by atoms with Gasteiger partial charge >= 0.3 is 0 Å². The number of nitrogens with two attached hydrogens (primary N) is 1. The summed E-state index contributed by atoms with van der Waals surface area (Å²) in [5.74, 6) is -4.21. The van der Waals surface area contributed by atoms with Crippen molar-refractivity contribution in [1.29, 1.82) is 0 Å². The van der Waals surface area contributed by atoms with E-state index in [2.05, 4.69) is 0 Å². The van der Waals surface area contributed by atoms with E-state index in [1.165, 1.54) is 20.8 Å². The summed E-state index contributed by atoms with van der Waals surface area (Å²) < 4.78 is 14.1. The van der Waals surface area contributed by atoms with E-state index in [-0.39, 0.29) is 6.42 Å². The van der Waals surface area contributed by atoms with Gasteiger partial charge in [0.15, 0.2) is 0 Å². The summed E-state index contributed by atoms with van der Waals surface area (Å²) in [5, 5.41) is 2.00. The fourth-order valence-electron chi connectivity index (χ4n) is 0.899. The molecule has 1 unspecified atom stereocenters. The molecule has 14 heavy (non-hydrogen) atoms. The van der Waals surface area contributed by atoms with Crippen molar-refractivity contribution in [3.8, 4) is 0 Å². The van der Waals surface area contributed by atoms with E-state index in [4.69, 9.17) is 5.73 Å². The first-order valence-corrected chi connectivity index (χ1v) is 4.45. The molecule has 0 fully saturated rings. The highest BCUT2D eigenvalue weighted by molar-refractivity contribution is 5.89. The molecule has 0 aliphatic heterocycles. The van der Waals surface area contributed by atoms with Gasteiger partial charge in [0.05, 0.1) is 0 Å². The molecule has 0 saturated carbocycles. The van der Waals surface area contributed by atoms with E-state index in [9.17, 15) is 14.0 Å². The van der Waals surface area contributed by atoms with Gasteiger partial charge in [0, 0.05) is 11.8 Å². The van der Waals surface area contributed by atoms with E-state index in [1.54, 1.807) is 6.92 Å². The molecule has 0 aromatic carbocycles. The minimum absolute atomic E-state index is 0.106. The summed E-state index contributed by atoms with van der Waals surface area (Å²) >= 11 is 0. The van der Waals surface area contributed by atoms with Crippen LogP contribution in [0.1, 0.15) is 34.1 Å². The maximum Gasteiger partial charge on any atom is 0.276 e. The molecule has 0 rings (SSSR count). The van der Waals surface area contributed by atoms with Crippen molar-refractivity contribution in [3.63, 3.8) is 0 Å². The number of nitrogens with one attached hydrogen (secondary N) is 1. The van der Waals surface area contributed by atoms with Crippen LogP contribution in [-0.4, -0.2) is 17.6 Å². The van der Waals surface area contributed by atoms with Crippen molar-refractivity contribution in [2.24, 2.45) is 11.1 Å². The molecule has 0 spiro atoms. The Morgan fingerprint density at radius 2 is 1.79 bits per heavy atom. The first-order chi connectivity index (χ1) is 6.15. The van der Waals surface area contributed by atoms with E-state index >= 15 is 0 Å². The standard InChI is InChI=1S/C9H17FN2O2/c1-5-6(13)12-9(10,7(11)14)8(2,3)4/h5H2,1-4H3,(H2,11,14)(H,12,13). The van der Waals surface area contributed by atoms with Crippen molar-refractivity contribution >= 4 is 11.8 Å². The maximum absolute atomic E-state index is 14.1. The number of amides is 2. The third-order valence-corrected chi connectivity index (χ3v) is 2.01. The zero-order chi connectivity index (χ0) is 11.6. The summed E-state index contributed by atoms with van der Waals surface area (Å²) in [4.78, 5) is 22.0. The predicted octanol–water partition coefficient (Wildman–Crippen LogP) is 0.710. The third-order valence-electron chi connectivity index (χ3n) is 2.01. The van der Waals surface area contributed by atoms with Crippen LogP contribution in [0.3, 0.4) is 0 Å². The van der Waals surface area contributed by atoms with Gasteiger partial charge in [0.2, 0.25) is 5.91 Å². The number of alkyl halides is 1. The fraction of sp³-hybridized carbons (Fsp3) is 0.778. The van der Waals surface area contributed by atoms with Crippen LogP contribution in [0, 0.1) is 5.41 Å². The second-order valence-electron chi connectivity index (χ2n) is 4.17. The second kappa shape index (κ2) is 3.94. The topological polar surface area (TPSA) is 72.2 Å². The Bertz CT molecular complexity index is 248. The zero-order valence-corrected chi connectivity index (χ0v) is 8.98. The molecule has 0 radical (unpaired) electrons. The maximum atomic E-state index is 14.1. The zero-order valence-electron chi connectivity index (χ0n) is 8.98. The molecule has 0 aliphatic carbocycles. The SMILES string of the molecule is CCC(=O)NC(F)(C(N)=O)C(C)(C)C. The summed E-state index contributed by atoms with van der Waals surface area (Å²) in [7, 11) is 0. The number of hydrogen-bond acceptors (Lipinski definition) is 2. The Labute approximate surface area is 83.0 Å². The van der Waals surface area contributed by atoms with Crippen molar-refractivity contribution < 1.29 is 14.0 Å². The van der Waals surface area contributed by atoms with Gasteiger partial charge in [-0.05, 0) is 0 Å². The van der Waals surface area contributed by atoms with Gasteiger partial charge in [-0.15, -0.1) is 0 Å². The second-order valence-corrected chi connectivity index (χ2v) is 4.17. The first kappa shape index (κ1) is 12.9. The van der Waals surface area contributed by atoms with Crippen LogP contribution in [0.2, 0.25) is 0 Å². The van der Waals surface area contributed by atoms with Crippen LogP contribution in [-0.2, 0) is 9.59 Å². The number of halogens is 1. The van der Waals surface area contributed by atoms with Crippen LogP contribution in [0.15, 0.2) is 0 Å². The van der Waals surface area contributed by atoms with Crippen LogP contribution in [0.25, 0.3) is 0 Å². The lowest BCUT2D eigenvalue weighted by Crippen LogP contribution is -2.61. The van der Waals surface area contributed by atoms with E-state index < -0.39 is 23.0 Å². The molecule has 82 valence electrons. The quantitative estimate of drug-likeness (QED) is 0.664. The lowest BCUT2D eigenvalue weighted by atomic mass is 9.83. The van der Waals surface area contributed by atoms with Gasteiger partial charge in [0.25, 0.3) is 11.7 Å². The Morgan fingerprint density at radius 3 is 2.00 bits per heavy atom. The van der Waals surface area contributed by atoms with E-state index in [1.807, 2.05) is 5.32 Å². The molecular formula is C9H17FN2O2. The van der Waals surface area contributed by atoms with Crippen molar-refractivity contribution in [2.75, 3.05) is 0 Å². The Balaban J connectivity index is 4.93. The lowest BCUT2D eigenvalue weighted by Gasteiger charge is -2.35. The smallest absolute Gasteiger partial charge is 0.276 e. The number of carbonyl (C=O) groups excluding carboxylic acids is 2. The van der Waals surface area contributed by atoms with Gasteiger partial charge in [-0.3, -0.25) is 9.59 Å². The highest BCUT2D eigenvalue weighted by atomic mass is 19.1. The molecule has 0 aromatic rings. The molecule has 0 aliphatic rings. The van der Waals surface area contributed by atoms with E-state index in [0.29, 0.717) is 0 Å². The Morgan fingerprint density at radius 1 is 1.36 bits per heavy atom. The monoisotopic (exact) mass is 204 g/mol. The molecule has 0 aromatic heterocycles. The van der Waals surface area contributed by atoms with Crippen LogP contribution in [0.4, 0.5) is 4.39 Å². The molecule has 4 nitrogen and oxygen atoms in total. The number of carbonyl (C=O) groups is 2. The highest BCUT2D eigenvalue weighted by Gasteiger charge is 2.49. The average Bonchev–Trinajstić information content (AvgIpc) is 2.01. The number of hydrogen-bond donors (Lipinski definition) is 2. The van der Waals surface area contributed by atoms with Gasteiger partial charge in [0.1, 0.15) is 0 Å². The van der Waals surface area contributed by atoms with Crippen molar-refractivity contribution in [1.82, 2.24) is 5.32 Å². The minimum Gasteiger partial charge on any atom is -0.365 e. The molecule has 5 heteroatoms. The minimum atomic E-state index is -2.50. The van der Waals surface area contributed by atoms with Crippen LogP contribution in [0.5, 0.6) is 0 Å². The lowest BCUT2D eigenvalue weighted by molar-refractivity contribution is -0.147. The number of primary amides is 1. The Hall–Kier alpha value is -1.13. The van der Waals surface area contributed by atoms with Gasteiger partial charge < -0.3 is 11.1 Å². The molecule has 0 heterocycles. The average molecular weight is 204 g/mol. The van der Waals surface area contributed by atoms with Gasteiger partial charge in [-0.25, -0.2) is 4.39 Å². The summed E-state index contributed by atoms with van der Waals surface area (Å²) in [6.45, 7) is 6.05. The van der Waals surface area contributed by atoms with Gasteiger partial charge in [-0.2, -0.15) is 0 Å². The fourth-order valence-corrected chi connectivity index (χ4v) is 0.899. The normalized spacial score (nSPS) is 15.8. The van der Waals surface area contributed by atoms with Crippen molar-refractivity contribution in [3.05, 3.63) is 0 Å². The summed E-state index contributed by atoms with van der Waals surface area (Å²) in [6.07, 6.45) is 0.106. The first-order valence-electron chi connectivity index (χ1n) is 4.45. The van der Waals surface area contributed by atoms with Crippen LogP contribution >= 0.6 is 0 Å². The summed E-state index contributed by atoms with van der Waals surface area (Å²) in [5.41, 5.74) is 3.87. The molecular weight excluding hydrogens is 187 g/mol. The summed E-state index contributed by atoms with van der Waals surface area (Å²) in [6, 6.07) is 0. The predicted molar refractivity (Wildman–Crippen MR) is 50.9 cm³/mol.